The van der Waals surface area contributed by atoms with Crippen molar-refractivity contribution in [3.05, 3.63) is 66.6 Å². The molecule has 0 saturated carbocycles. The normalized spacial score (nSPS) is 9.80. The number of aromatic nitrogens is 2. The molecule has 2 heterocycles. The van der Waals surface area contributed by atoms with Crippen molar-refractivity contribution in [2.24, 2.45) is 0 Å². The van der Waals surface area contributed by atoms with Gasteiger partial charge in [-0.25, -0.2) is 4.98 Å². The van der Waals surface area contributed by atoms with Crippen molar-refractivity contribution in [3.8, 4) is 5.88 Å². The maximum Gasteiger partial charge on any atom is 0.253 e. The Morgan fingerprint density at radius 3 is 2.85 bits per heavy atom. The van der Waals surface area contributed by atoms with Crippen molar-refractivity contribution < 1.29 is 9.53 Å². The molecule has 0 aliphatic carbocycles. The predicted octanol–water partition coefficient (Wildman–Crippen LogP) is 1.97. The van der Waals surface area contributed by atoms with Gasteiger partial charge in [0, 0.05) is 18.5 Å². The van der Waals surface area contributed by atoms with Crippen LogP contribution in [0.3, 0.4) is 0 Å². The smallest absolute Gasteiger partial charge is 0.253 e. The van der Waals surface area contributed by atoms with Gasteiger partial charge in [0.15, 0.2) is 0 Å². The monoisotopic (exact) mass is 269 g/mol. The summed E-state index contributed by atoms with van der Waals surface area (Å²) in [6.45, 7) is 4.32. The van der Waals surface area contributed by atoms with Crippen LogP contribution in [0.15, 0.2) is 55.4 Å². The SMILES string of the molecule is C=CCOc1ccc(C(=O)NCc2ccccn2)cn1. The van der Waals surface area contributed by atoms with E-state index in [2.05, 4.69) is 21.9 Å². The minimum atomic E-state index is -0.196. The second kappa shape index (κ2) is 7.04. The molecular weight excluding hydrogens is 254 g/mol. The Morgan fingerprint density at radius 2 is 2.20 bits per heavy atom. The first-order chi connectivity index (χ1) is 9.79. The number of ether oxygens (including phenoxy) is 1. The van der Waals surface area contributed by atoms with Crippen LogP contribution in [-0.2, 0) is 6.54 Å². The Morgan fingerprint density at radius 1 is 1.30 bits per heavy atom. The molecule has 0 saturated heterocycles. The Labute approximate surface area is 117 Å². The zero-order valence-corrected chi connectivity index (χ0v) is 11.0. The lowest BCUT2D eigenvalue weighted by Crippen LogP contribution is -2.23. The van der Waals surface area contributed by atoms with Crippen LogP contribution in [0.2, 0.25) is 0 Å². The Bertz CT molecular complexity index is 567. The fraction of sp³-hybridized carbons (Fsp3) is 0.133. The standard InChI is InChI=1S/C15H15N3O2/c1-2-9-20-14-7-6-12(10-17-14)15(19)18-11-13-5-3-4-8-16-13/h2-8,10H,1,9,11H2,(H,18,19). The highest BCUT2D eigenvalue weighted by Gasteiger charge is 2.06. The highest BCUT2D eigenvalue weighted by molar-refractivity contribution is 5.93. The zero-order valence-electron chi connectivity index (χ0n) is 11.0. The quantitative estimate of drug-likeness (QED) is 0.814. The van der Waals surface area contributed by atoms with Crippen LogP contribution in [0.5, 0.6) is 5.88 Å². The first-order valence-corrected chi connectivity index (χ1v) is 6.17. The minimum Gasteiger partial charge on any atom is -0.473 e. The van der Waals surface area contributed by atoms with Gasteiger partial charge in [-0.3, -0.25) is 9.78 Å². The van der Waals surface area contributed by atoms with Crippen molar-refractivity contribution >= 4 is 5.91 Å². The van der Waals surface area contributed by atoms with Gasteiger partial charge in [0.1, 0.15) is 6.61 Å². The van der Waals surface area contributed by atoms with Crippen LogP contribution >= 0.6 is 0 Å². The van der Waals surface area contributed by atoms with E-state index in [1.165, 1.54) is 6.20 Å². The molecule has 0 bridgehead atoms. The number of carbonyl (C=O) groups excluding carboxylic acids is 1. The fourth-order valence-corrected chi connectivity index (χ4v) is 1.52. The van der Waals surface area contributed by atoms with Gasteiger partial charge in [-0.05, 0) is 18.2 Å². The third-order valence-corrected chi connectivity index (χ3v) is 2.50. The largest absolute Gasteiger partial charge is 0.473 e. The number of hydrogen-bond acceptors (Lipinski definition) is 4. The van der Waals surface area contributed by atoms with Crippen molar-refractivity contribution in [3.63, 3.8) is 0 Å². The third kappa shape index (κ3) is 3.91. The molecule has 1 amide bonds. The van der Waals surface area contributed by atoms with Gasteiger partial charge < -0.3 is 10.1 Å². The van der Waals surface area contributed by atoms with E-state index >= 15 is 0 Å². The molecule has 0 spiro atoms. The van der Waals surface area contributed by atoms with E-state index in [0.717, 1.165) is 5.69 Å². The average Bonchev–Trinajstić information content (AvgIpc) is 2.52. The highest BCUT2D eigenvalue weighted by atomic mass is 16.5. The number of amides is 1. The molecule has 5 nitrogen and oxygen atoms in total. The summed E-state index contributed by atoms with van der Waals surface area (Å²) in [6.07, 6.45) is 4.80. The van der Waals surface area contributed by atoms with E-state index < -0.39 is 0 Å². The molecule has 0 aromatic carbocycles. The topological polar surface area (TPSA) is 64.1 Å². The molecule has 0 radical (unpaired) electrons. The molecule has 20 heavy (non-hydrogen) atoms. The number of nitrogens with one attached hydrogen (secondary N) is 1. The summed E-state index contributed by atoms with van der Waals surface area (Å²) >= 11 is 0. The summed E-state index contributed by atoms with van der Waals surface area (Å²) in [6, 6.07) is 8.88. The molecule has 2 rings (SSSR count). The maximum absolute atomic E-state index is 11.9. The number of pyridine rings is 2. The van der Waals surface area contributed by atoms with Crippen LogP contribution in [0.1, 0.15) is 16.1 Å². The van der Waals surface area contributed by atoms with Gasteiger partial charge in [-0.15, -0.1) is 0 Å². The Balaban J connectivity index is 1.90. The number of carbonyl (C=O) groups is 1. The van der Waals surface area contributed by atoms with Crippen LogP contribution in [0, 0.1) is 0 Å². The van der Waals surface area contributed by atoms with E-state index in [-0.39, 0.29) is 5.91 Å². The molecular formula is C15H15N3O2. The molecule has 5 heteroatoms. The van der Waals surface area contributed by atoms with Crippen LogP contribution in [0.25, 0.3) is 0 Å². The summed E-state index contributed by atoms with van der Waals surface area (Å²) < 4.78 is 5.25. The minimum absolute atomic E-state index is 0.196. The van der Waals surface area contributed by atoms with Gasteiger partial charge in [-0.1, -0.05) is 18.7 Å². The van der Waals surface area contributed by atoms with Crippen LogP contribution in [-0.4, -0.2) is 22.5 Å². The summed E-state index contributed by atoms with van der Waals surface area (Å²) in [4.78, 5) is 20.1. The summed E-state index contributed by atoms with van der Waals surface area (Å²) in [5, 5.41) is 2.78. The summed E-state index contributed by atoms with van der Waals surface area (Å²) in [5.74, 6) is 0.268. The first-order valence-electron chi connectivity index (χ1n) is 6.17. The molecule has 1 N–H and O–H groups in total. The van der Waals surface area contributed by atoms with E-state index in [1.807, 2.05) is 18.2 Å². The highest BCUT2D eigenvalue weighted by Crippen LogP contribution is 2.07. The Hall–Kier alpha value is -2.69. The van der Waals surface area contributed by atoms with E-state index in [1.54, 1.807) is 24.4 Å². The molecule has 0 fully saturated rings. The molecule has 102 valence electrons. The lowest BCUT2D eigenvalue weighted by atomic mass is 10.2. The molecule has 2 aromatic rings. The van der Waals surface area contributed by atoms with E-state index in [9.17, 15) is 4.79 Å². The second-order valence-corrected chi connectivity index (χ2v) is 3.99. The Kier molecular flexibility index (Phi) is 4.83. The number of nitrogens with zero attached hydrogens (tertiary/aromatic N) is 2. The van der Waals surface area contributed by atoms with Gasteiger partial charge in [0.25, 0.3) is 5.91 Å². The lowest BCUT2D eigenvalue weighted by molar-refractivity contribution is 0.0950. The molecule has 0 aliphatic heterocycles. The number of rotatable bonds is 6. The van der Waals surface area contributed by atoms with E-state index in [4.69, 9.17) is 4.74 Å². The maximum atomic E-state index is 11.9. The molecule has 2 aromatic heterocycles. The van der Waals surface area contributed by atoms with Gasteiger partial charge in [-0.2, -0.15) is 0 Å². The summed E-state index contributed by atoms with van der Waals surface area (Å²) in [7, 11) is 0. The number of hydrogen-bond donors (Lipinski definition) is 1. The van der Waals surface area contributed by atoms with Crippen LogP contribution in [0.4, 0.5) is 0 Å². The second-order valence-electron chi connectivity index (χ2n) is 3.99. The predicted molar refractivity (Wildman–Crippen MR) is 75.3 cm³/mol. The molecule has 0 unspecified atom stereocenters. The zero-order chi connectivity index (χ0) is 14.2. The first kappa shape index (κ1) is 13.7. The lowest BCUT2D eigenvalue weighted by Gasteiger charge is -2.05. The fourth-order valence-electron chi connectivity index (χ4n) is 1.52. The van der Waals surface area contributed by atoms with Gasteiger partial charge in [0.2, 0.25) is 5.88 Å². The average molecular weight is 269 g/mol. The van der Waals surface area contributed by atoms with Crippen LogP contribution < -0.4 is 10.1 Å². The van der Waals surface area contributed by atoms with Crippen molar-refractivity contribution in [1.82, 2.24) is 15.3 Å². The molecule has 0 aliphatic rings. The van der Waals surface area contributed by atoms with Gasteiger partial charge in [0.05, 0.1) is 17.8 Å². The summed E-state index contributed by atoms with van der Waals surface area (Å²) in [5.41, 5.74) is 1.28. The van der Waals surface area contributed by atoms with E-state index in [0.29, 0.717) is 24.6 Å². The van der Waals surface area contributed by atoms with Crippen molar-refractivity contribution in [2.75, 3.05) is 6.61 Å². The van der Waals surface area contributed by atoms with Gasteiger partial charge >= 0.3 is 0 Å². The third-order valence-electron chi connectivity index (χ3n) is 2.50. The molecule has 0 atom stereocenters. The van der Waals surface area contributed by atoms with Crippen molar-refractivity contribution in [2.45, 2.75) is 6.54 Å². The van der Waals surface area contributed by atoms with Crippen molar-refractivity contribution in [1.29, 1.82) is 0 Å².